The van der Waals surface area contributed by atoms with Gasteiger partial charge in [0.25, 0.3) is 0 Å². The molecular formula is C10H18O3S2. The molecule has 0 fully saturated rings. The molecule has 0 saturated carbocycles. The maximum Gasteiger partial charge on any atom is 0.308 e. The summed E-state index contributed by atoms with van der Waals surface area (Å²) in [7, 11) is 3.28. The fourth-order valence-electron chi connectivity index (χ4n) is 0.646. The summed E-state index contributed by atoms with van der Waals surface area (Å²) < 4.78 is 4.99. The number of carbonyl (C=O) groups is 2. The molecule has 3 nitrogen and oxygen atoms in total. The molecular weight excluding hydrogens is 232 g/mol. The second kappa shape index (κ2) is 9.09. The van der Waals surface area contributed by atoms with Gasteiger partial charge in [0.05, 0.1) is 5.92 Å². The van der Waals surface area contributed by atoms with Crippen LogP contribution >= 0.6 is 21.6 Å². The lowest BCUT2D eigenvalue weighted by Gasteiger charge is -2.06. The van der Waals surface area contributed by atoms with Gasteiger partial charge in [0.1, 0.15) is 12.4 Å². The summed E-state index contributed by atoms with van der Waals surface area (Å²) in [6, 6.07) is 0. The molecule has 0 rings (SSSR count). The number of hydrogen-bond donors (Lipinski definition) is 0. The van der Waals surface area contributed by atoms with E-state index >= 15 is 0 Å². The van der Waals surface area contributed by atoms with Gasteiger partial charge in [0.2, 0.25) is 0 Å². The van der Waals surface area contributed by atoms with E-state index in [0.29, 0.717) is 13.0 Å². The van der Waals surface area contributed by atoms with Crippen LogP contribution in [-0.2, 0) is 14.3 Å². The number of rotatable bonds is 8. The third-order valence-corrected chi connectivity index (χ3v) is 3.87. The van der Waals surface area contributed by atoms with Crippen LogP contribution in [0.2, 0.25) is 0 Å². The monoisotopic (exact) mass is 250 g/mol. The average Bonchev–Trinajstić information content (AvgIpc) is 2.15. The van der Waals surface area contributed by atoms with Gasteiger partial charge in [0.15, 0.2) is 0 Å². The normalized spacial score (nSPS) is 10.4. The lowest BCUT2D eigenvalue weighted by Crippen LogP contribution is -2.13. The van der Waals surface area contributed by atoms with E-state index in [4.69, 9.17) is 4.74 Å². The molecule has 0 N–H and O–H groups in total. The van der Waals surface area contributed by atoms with Crippen LogP contribution in [-0.4, -0.2) is 29.9 Å². The second-order valence-electron chi connectivity index (χ2n) is 3.42. The summed E-state index contributed by atoms with van der Waals surface area (Å²) in [6.07, 6.45) is 0.615. The highest BCUT2D eigenvalue weighted by molar-refractivity contribution is 8.76. The van der Waals surface area contributed by atoms with Crippen molar-refractivity contribution in [2.45, 2.75) is 27.2 Å². The summed E-state index contributed by atoms with van der Waals surface area (Å²) >= 11 is 0. The zero-order valence-corrected chi connectivity index (χ0v) is 11.1. The van der Waals surface area contributed by atoms with E-state index in [-0.39, 0.29) is 17.7 Å². The van der Waals surface area contributed by atoms with Crippen molar-refractivity contribution in [2.24, 2.45) is 5.92 Å². The van der Waals surface area contributed by atoms with E-state index in [0.717, 1.165) is 11.5 Å². The molecule has 0 radical (unpaired) electrons. The van der Waals surface area contributed by atoms with Crippen LogP contribution in [0, 0.1) is 5.92 Å². The summed E-state index contributed by atoms with van der Waals surface area (Å²) in [5.41, 5.74) is 0. The molecule has 0 bridgehead atoms. The Balaban J connectivity index is 3.18. The minimum Gasteiger partial charge on any atom is -0.465 e. The lowest BCUT2D eigenvalue weighted by atomic mass is 10.2. The molecule has 0 atom stereocenters. The van der Waals surface area contributed by atoms with Crippen LogP contribution in [0.15, 0.2) is 0 Å². The molecule has 5 heteroatoms. The highest BCUT2D eigenvalue weighted by Gasteiger charge is 2.07. The van der Waals surface area contributed by atoms with Crippen LogP contribution in [0.1, 0.15) is 27.2 Å². The topological polar surface area (TPSA) is 43.4 Å². The summed E-state index contributed by atoms with van der Waals surface area (Å²) in [5.74, 6) is 1.62. The van der Waals surface area contributed by atoms with Gasteiger partial charge in [-0.1, -0.05) is 35.4 Å². The van der Waals surface area contributed by atoms with Crippen LogP contribution in [0.5, 0.6) is 0 Å². The molecule has 0 aliphatic carbocycles. The molecule has 0 saturated heterocycles. The van der Waals surface area contributed by atoms with E-state index in [9.17, 15) is 9.59 Å². The molecule has 0 aliphatic rings. The summed E-state index contributed by atoms with van der Waals surface area (Å²) in [5, 5.41) is 0. The van der Waals surface area contributed by atoms with E-state index in [2.05, 4.69) is 0 Å². The highest BCUT2D eigenvalue weighted by Crippen LogP contribution is 2.21. The van der Waals surface area contributed by atoms with E-state index in [1.807, 2.05) is 13.8 Å². The third-order valence-electron chi connectivity index (χ3n) is 1.50. The first-order valence-corrected chi connectivity index (χ1v) is 7.43. The molecule has 0 aromatic rings. The summed E-state index contributed by atoms with van der Waals surface area (Å²) in [4.78, 5) is 21.6. The number of esters is 1. The SMILES string of the molecule is CC(=O)CCSSCCOC(=O)C(C)C. The van der Waals surface area contributed by atoms with Crippen molar-refractivity contribution in [2.75, 3.05) is 18.1 Å². The molecule has 0 amide bonds. The fourth-order valence-corrected chi connectivity index (χ4v) is 2.57. The Hall–Kier alpha value is -0.160. The van der Waals surface area contributed by atoms with Gasteiger partial charge in [0, 0.05) is 17.9 Å². The molecule has 0 aromatic carbocycles. The molecule has 88 valence electrons. The first-order valence-electron chi connectivity index (χ1n) is 4.94. The Kier molecular flexibility index (Phi) is 9.00. The van der Waals surface area contributed by atoms with Gasteiger partial charge in [-0.25, -0.2) is 0 Å². The van der Waals surface area contributed by atoms with Gasteiger partial charge in [-0.15, -0.1) is 0 Å². The number of carbonyl (C=O) groups excluding carboxylic acids is 2. The quantitative estimate of drug-likeness (QED) is 0.376. The lowest BCUT2D eigenvalue weighted by molar-refractivity contribution is -0.146. The fraction of sp³-hybridized carbons (Fsp3) is 0.800. The molecule has 15 heavy (non-hydrogen) atoms. The first-order chi connectivity index (χ1) is 7.04. The van der Waals surface area contributed by atoms with Gasteiger partial charge in [-0.2, -0.15) is 0 Å². The van der Waals surface area contributed by atoms with Crippen molar-refractivity contribution in [3.8, 4) is 0 Å². The van der Waals surface area contributed by atoms with Crippen molar-refractivity contribution in [3.63, 3.8) is 0 Å². The largest absolute Gasteiger partial charge is 0.465 e. The second-order valence-corrected chi connectivity index (χ2v) is 6.12. The third kappa shape index (κ3) is 10.1. The molecule has 0 spiro atoms. The minimum absolute atomic E-state index is 0.0552. The van der Waals surface area contributed by atoms with Gasteiger partial charge in [-0.05, 0) is 6.92 Å². The molecule has 0 heterocycles. The zero-order chi connectivity index (χ0) is 11.7. The van der Waals surface area contributed by atoms with Crippen LogP contribution in [0.4, 0.5) is 0 Å². The number of ketones is 1. The molecule has 0 unspecified atom stereocenters. The number of hydrogen-bond acceptors (Lipinski definition) is 5. The van der Waals surface area contributed by atoms with Crippen molar-refractivity contribution in [1.82, 2.24) is 0 Å². The Morgan fingerprint density at radius 3 is 2.33 bits per heavy atom. The Labute approximate surface area is 99.1 Å². The number of ether oxygens (including phenoxy) is 1. The smallest absolute Gasteiger partial charge is 0.308 e. The van der Waals surface area contributed by atoms with Crippen molar-refractivity contribution in [3.05, 3.63) is 0 Å². The van der Waals surface area contributed by atoms with E-state index < -0.39 is 0 Å². The molecule has 0 aromatic heterocycles. The van der Waals surface area contributed by atoms with Crippen LogP contribution in [0.3, 0.4) is 0 Å². The highest BCUT2D eigenvalue weighted by atomic mass is 33.1. The van der Waals surface area contributed by atoms with Gasteiger partial charge >= 0.3 is 5.97 Å². The summed E-state index contributed by atoms with van der Waals surface area (Å²) in [6.45, 7) is 5.68. The predicted molar refractivity (Wildman–Crippen MR) is 66.0 cm³/mol. The molecule has 0 aliphatic heterocycles. The van der Waals surface area contributed by atoms with Crippen LogP contribution in [0.25, 0.3) is 0 Å². The zero-order valence-electron chi connectivity index (χ0n) is 9.45. The number of Topliss-reactive ketones (excluding diaryl/α,β-unsaturated/α-hetero) is 1. The average molecular weight is 250 g/mol. The van der Waals surface area contributed by atoms with Gasteiger partial charge < -0.3 is 4.74 Å². The van der Waals surface area contributed by atoms with Crippen LogP contribution < -0.4 is 0 Å². The Bertz CT molecular complexity index is 205. The van der Waals surface area contributed by atoms with E-state index in [1.54, 1.807) is 28.5 Å². The van der Waals surface area contributed by atoms with Crippen molar-refractivity contribution in [1.29, 1.82) is 0 Å². The van der Waals surface area contributed by atoms with Gasteiger partial charge in [-0.3, -0.25) is 9.59 Å². The maximum atomic E-state index is 11.0. The minimum atomic E-state index is -0.149. The Morgan fingerprint density at radius 1 is 1.20 bits per heavy atom. The predicted octanol–water partition coefficient (Wildman–Crippen LogP) is 2.55. The van der Waals surface area contributed by atoms with E-state index in [1.165, 1.54) is 0 Å². The van der Waals surface area contributed by atoms with Crippen molar-refractivity contribution < 1.29 is 14.3 Å². The Morgan fingerprint density at radius 2 is 1.80 bits per heavy atom. The van der Waals surface area contributed by atoms with Crippen molar-refractivity contribution >= 4 is 33.3 Å². The maximum absolute atomic E-state index is 11.0. The standard InChI is InChI=1S/C10H18O3S2/c1-8(2)10(12)13-5-7-15-14-6-4-9(3)11/h8H,4-7H2,1-3H3. The first kappa shape index (κ1) is 14.8.